The zero-order valence-corrected chi connectivity index (χ0v) is 27.4. The summed E-state index contributed by atoms with van der Waals surface area (Å²) in [5, 5.41) is 7.34. The van der Waals surface area contributed by atoms with E-state index in [-0.39, 0.29) is 23.8 Å². The SMILES string of the molecule is Cc1ncsc1-c1ccc([C@H](C)NC(=O)[C@@H]2CCCN2C(=O)C(c2cc(OC[C@@H]3CC[C@]4(C)CCCN34)no2)C(C)C)cc1. The minimum absolute atomic E-state index is 0.0348. The Morgan fingerprint density at radius 1 is 1.14 bits per heavy atom. The van der Waals surface area contributed by atoms with E-state index in [1.165, 1.54) is 19.3 Å². The predicted octanol–water partition coefficient (Wildman–Crippen LogP) is 6.11. The summed E-state index contributed by atoms with van der Waals surface area (Å²) in [7, 11) is 0. The number of amides is 2. The molecule has 1 unspecified atom stereocenters. The van der Waals surface area contributed by atoms with E-state index in [1.807, 2.05) is 45.3 Å². The molecule has 2 amide bonds. The molecule has 5 heterocycles. The lowest BCUT2D eigenvalue weighted by molar-refractivity contribution is -0.141. The molecule has 3 saturated heterocycles. The van der Waals surface area contributed by atoms with Crippen molar-refractivity contribution < 1.29 is 18.8 Å². The number of hydrogen-bond donors (Lipinski definition) is 1. The molecular formula is C34H45N5O4S. The average molecular weight is 620 g/mol. The van der Waals surface area contributed by atoms with E-state index >= 15 is 0 Å². The summed E-state index contributed by atoms with van der Waals surface area (Å²) in [5.74, 6) is 0.121. The number of carbonyl (C=O) groups excluding carboxylic acids is 2. The highest BCUT2D eigenvalue weighted by atomic mass is 32.1. The van der Waals surface area contributed by atoms with Crippen LogP contribution in [-0.4, -0.2) is 69.1 Å². The first-order valence-electron chi connectivity index (χ1n) is 16.1. The molecule has 3 fully saturated rings. The number of nitrogens with zero attached hydrogens (tertiary/aromatic N) is 4. The van der Waals surface area contributed by atoms with Gasteiger partial charge in [-0.2, -0.15) is 0 Å². The molecule has 9 nitrogen and oxygen atoms in total. The molecule has 3 aromatic rings. The highest BCUT2D eigenvalue weighted by Gasteiger charge is 2.46. The van der Waals surface area contributed by atoms with Crippen molar-refractivity contribution in [1.29, 1.82) is 0 Å². The summed E-state index contributed by atoms with van der Waals surface area (Å²) >= 11 is 1.62. The van der Waals surface area contributed by atoms with Crippen LogP contribution in [0.15, 0.2) is 40.4 Å². The normalized spacial score (nSPS) is 24.9. The van der Waals surface area contributed by atoms with E-state index in [9.17, 15) is 9.59 Å². The van der Waals surface area contributed by atoms with E-state index in [0.29, 0.717) is 42.8 Å². The molecular weight excluding hydrogens is 574 g/mol. The van der Waals surface area contributed by atoms with Crippen molar-refractivity contribution in [1.82, 2.24) is 25.3 Å². The smallest absolute Gasteiger partial charge is 0.254 e. The molecule has 0 bridgehead atoms. The zero-order chi connectivity index (χ0) is 31.0. The fourth-order valence-corrected chi connectivity index (χ4v) is 8.33. The highest BCUT2D eigenvalue weighted by molar-refractivity contribution is 7.13. The molecule has 236 valence electrons. The molecule has 0 saturated carbocycles. The summed E-state index contributed by atoms with van der Waals surface area (Å²) in [6.07, 6.45) is 6.26. The number of aryl methyl sites for hydroxylation is 1. The molecule has 3 aliphatic rings. The van der Waals surface area contributed by atoms with Crippen LogP contribution in [0.3, 0.4) is 0 Å². The van der Waals surface area contributed by atoms with Crippen LogP contribution in [-0.2, 0) is 9.59 Å². The highest BCUT2D eigenvalue weighted by Crippen LogP contribution is 2.42. The predicted molar refractivity (Wildman–Crippen MR) is 171 cm³/mol. The lowest BCUT2D eigenvalue weighted by Crippen LogP contribution is -2.48. The number of nitrogens with one attached hydrogen (secondary N) is 1. The molecule has 10 heteroatoms. The monoisotopic (exact) mass is 619 g/mol. The lowest BCUT2D eigenvalue weighted by atomic mass is 9.91. The zero-order valence-electron chi connectivity index (χ0n) is 26.5. The van der Waals surface area contributed by atoms with Gasteiger partial charge in [0, 0.05) is 24.2 Å². The van der Waals surface area contributed by atoms with Gasteiger partial charge in [0.15, 0.2) is 5.76 Å². The first kappa shape index (κ1) is 30.8. The van der Waals surface area contributed by atoms with E-state index < -0.39 is 12.0 Å². The van der Waals surface area contributed by atoms with Gasteiger partial charge < -0.3 is 19.5 Å². The third kappa shape index (κ3) is 6.03. The van der Waals surface area contributed by atoms with Crippen LogP contribution in [0.5, 0.6) is 5.88 Å². The summed E-state index contributed by atoms with van der Waals surface area (Å²) in [6, 6.07) is 9.69. The second-order valence-electron chi connectivity index (χ2n) is 13.4. The minimum Gasteiger partial charge on any atom is -0.474 e. The third-order valence-corrected chi connectivity index (χ3v) is 11.0. The van der Waals surface area contributed by atoms with E-state index in [1.54, 1.807) is 22.3 Å². The Balaban J connectivity index is 1.08. The van der Waals surface area contributed by atoms with Crippen LogP contribution >= 0.6 is 11.3 Å². The van der Waals surface area contributed by atoms with Crippen LogP contribution in [0.4, 0.5) is 0 Å². The van der Waals surface area contributed by atoms with Crippen LogP contribution < -0.4 is 10.1 Å². The van der Waals surface area contributed by atoms with Crippen LogP contribution in [0, 0.1) is 12.8 Å². The number of carbonyl (C=O) groups is 2. The lowest BCUT2D eigenvalue weighted by Gasteiger charge is -2.31. The maximum Gasteiger partial charge on any atom is 0.254 e. The first-order chi connectivity index (χ1) is 21.1. The van der Waals surface area contributed by atoms with Gasteiger partial charge in [-0.15, -0.1) is 11.3 Å². The largest absolute Gasteiger partial charge is 0.474 e. The topological polar surface area (TPSA) is 101 Å². The fraction of sp³-hybridized carbons (Fsp3) is 0.588. The van der Waals surface area contributed by atoms with Crippen molar-refractivity contribution in [2.45, 2.75) is 103 Å². The molecule has 0 aliphatic carbocycles. The van der Waals surface area contributed by atoms with E-state index in [0.717, 1.165) is 41.1 Å². The van der Waals surface area contributed by atoms with Crippen LogP contribution in [0.25, 0.3) is 10.4 Å². The maximum atomic E-state index is 14.0. The van der Waals surface area contributed by atoms with Gasteiger partial charge in [-0.25, -0.2) is 4.98 Å². The molecule has 0 radical (unpaired) electrons. The Bertz CT molecular complexity index is 1470. The van der Waals surface area contributed by atoms with Crippen molar-refractivity contribution in [3.8, 4) is 16.3 Å². The number of ether oxygens (including phenoxy) is 1. The molecule has 0 spiro atoms. The number of benzene rings is 1. The standard InChI is InChI=1S/C34H45N5O4S/c1-21(2)30(28-18-29(37-43-28)42-19-26-13-15-34(5)14-7-17-39(26)34)33(41)38-16-6-8-27(38)32(40)36-22(3)24-9-11-25(12-10-24)31-23(4)35-20-44-31/h9-12,18,20-22,26-27,30H,6-8,13-17,19H2,1-5H3,(H,36,40)/t22-,26-,27-,30?,34-/m0/s1. The van der Waals surface area contributed by atoms with Gasteiger partial charge >= 0.3 is 0 Å². The summed E-state index contributed by atoms with van der Waals surface area (Å²) in [5.41, 5.74) is 5.31. The summed E-state index contributed by atoms with van der Waals surface area (Å²) < 4.78 is 11.8. The molecule has 5 atom stereocenters. The molecule has 3 aliphatic heterocycles. The van der Waals surface area contributed by atoms with Gasteiger partial charge in [0.25, 0.3) is 5.88 Å². The second-order valence-corrected chi connectivity index (χ2v) is 14.3. The maximum absolute atomic E-state index is 14.0. The average Bonchev–Trinajstić information content (AvgIpc) is 3.82. The molecule has 44 heavy (non-hydrogen) atoms. The van der Waals surface area contributed by atoms with Crippen molar-refractivity contribution in [2.75, 3.05) is 19.7 Å². The molecule has 1 aromatic carbocycles. The number of hydrogen-bond acceptors (Lipinski definition) is 8. The Morgan fingerprint density at radius 3 is 2.66 bits per heavy atom. The summed E-state index contributed by atoms with van der Waals surface area (Å²) in [4.78, 5) is 37.3. The van der Waals surface area contributed by atoms with Crippen molar-refractivity contribution >= 4 is 23.2 Å². The number of rotatable bonds is 10. The third-order valence-electron chi connectivity index (χ3n) is 10.0. The molecule has 6 rings (SSSR count). The quantitative estimate of drug-likeness (QED) is 0.292. The van der Waals surface area contributed by atoms with Gasteiger partial charge in [0.2, 0.25) is 11.8 Å². The van der Waals surface area contributed by atoms with E-state index in [2.05, 4.69) is 39.4 Å². The molecule has 2 aromatic heterocycles. The van der Waals surface area contributed by atoms with Gasteiger partial charge in [-0.05, 0) is 88.0 Å². The number of thiazole rings is 1. The van der Waals surface area contributed by atoms with Crippen molar-refractivity contribution in [3.63, 3.8) is 0 Å². The van der Waals surface area contributed by atoms with E-state index in [4.69, 9.17) is 9.26 Å². The second kappa shape index (κ2) is 12.6. The van der Waals surface area contributed by atoms with Gasteiger partial charge in [0.05, 0.1) is 22.1 Å². The van der Waals surface area contributed by atoms with Gasteiger partial charge in [0.1, 0.15) is 18.6 Å². The number of likely N-dealkylation sites (tertiary alicyclic amines) is 1. The molecule has 1 N–H and O–H groups in total. The van der Waals surface area contributed by atoms with Crippen LogP contribution in [0.2, 0.25) is 0 Å². The Morgan fingerprint density at radius 2 is 1.93 bits per heavy atom. The van der Waals surface area contributed by atoms with Crippen LogP contribution in [0.1, 0.15) is 95.2 Å². The van der Waals surface area contributed by atoms with Gasteiger partial charge in [-0.3, -0.25) is 14.5 Å². The fourth-order valence-electron chi connectivity index (χ4n) is 7.52. The van der Waals surface area contributed by atoms with Gasteiger partial charge in [-0.1, -0.05) is 38.1 Å². The minimum atomic E-state index is -0.540. The Labute approximate surface area is 264 Å². The Kier molecular flexibility index (Phi) is 8.84. The Hall–Kier alpha value is -3.24. The number of aromatic nitrogens is 2. The van der Waals surface area contributed by atoms with Crippen molar-refractivity contribution in [3.05, 3.63) is 52.9 Å². The number of fused-ring (bicyclic) bond motifs is 1. The first-order valence-corrected chi connectivity index (χ1v) is 17.0. The van der Waals surface area contributed by atoms with Crippen molar-refractivity contribution in [2.24, 2.45) is 5.92 Å². The summed E-state index contributed by atoms with van der Waals surface area (Å²) in [6.45, 7) is 12.6.